The van der Waals surface area contributed by atoms with E-state index in [0.717, 1.165) is 18.8 Å². The van der Waals surface area contributed by atoms with Crippen LogP contribution in [0.5, 0.6) is 0 Å². The van der Waals surface area contributed by atoms with Crippen LogP contribution in [0.4, 0.5) is 15.2 Å². The molecule has 10 heteroatoms. The number of rotatable bonds is 5. The van der Waals surface area contributed by atoms with Crippen molar-refractivity contribution in [2.75, 3.05) is 42.9 Å². The lowest BCUT2D eigenvalue weighted by Crippen LogP contribution is -2.49. The number of amides is 1. The van der Waals surface area contributed by atoms with Gasteiger partial charge in [-0.25, -0.2) is 9.37 Å². The maximum atomic E-state index is 13.0. The first-order valence-electron chi connectivity index (χ1n) is 8.97. The minimum atomic E-state index is -0.251. The maximum absolute atomic E-state index is 13.0. The Morgan fingerprint density at radius 1 is 1.14 bits per heavy atom. The van der Waals surface area contributed by atoms with E-state index in [0.29, 0.717) is 36.1 Å². The highest BCUT2D eigenvalue weighted by Gasteiger charge is 2.21. The van der Waals surface area contributed by atoms with E-state index in [1.54, 1.807) is 12.1 Å². The van der Waals surface area contributed by atoms with Gasteiger partial charge in [-0.15, -0.1) is 5.10 Å². The average Bonchev–Trinajstić information content (AvgIpc) is 3.13. The highest BCUT2D eigenvalue weighted by atomic mass is 32.1. The molecule has 3 heterocycles. The zero-order chi connectivity index (χ0) is 19.5. The van der Waals surface area contributed by atoms with E-state index >= 15 is 0 Å². The summed E-state index contributed by atoms with van der Waals surface area (Å²) in [6.07, 6.45) is 1.80. The fourth-order valence-corrected chi connectivity index (χ4v) is 3.92. The Balaban J connectivity index is 1.26. The molecule has 0 aliphatic carbocycles. The summed E-state index contributed by atoms with van der Waals surface area (Å²) in [6.45, 7) is 3.15. The topological polar surface area (TPSA) is 82.8 Å². The SMILES string of the molecule is O=C(CCNc1nn2c(=O)ccnc2s1)N1CCN(c2ccc(F)cc2)CC1. The molecular formula is C18H19FN6O2S. The summed E-state index contributed by atoms with van der Waals surface area (Å²) in [5, 5.41) is 7.81. The van der Waals surface area contributed by atoms with E-state index in [4.69, 9.17) is 0 Å². The van der Waals surface area contributed by atoms with E-state index in [1.807, 2.05) is 4.90 Å². The average molecular weight is 402 g/mol. The molecule has 1 saturated heterocycles. The van der Waals surface area contributed by atoms with Crippen LogP contribution in [0.1, 0.15) is 6.42 Å². The molecule has 1 amide bonds. The van der Waals surface area contributed by atoms with Crippen LogP contribution in [0.2, 0.25) is 0 Å². The zero-order valence-corrected chi connectivity index (χ0v) is 15.9. The van der Waals surface area contributed by atoms with Gasteiger partial charge in [-0.3, -0.25) is 9.59 Å². The van der Waals surface area contributed by atoms with Crippen LogP contribution in [-0.2, 0) is 4.79 Å². The number of nitrogens with one attached hydrogen (secondary N) is 1. The lowest BCUT2D eigenvalue weighted by molar-refractivity contribution is -0.131. The fourth-order valence-electron chi connectivity index (χ4n) is 3.12. The summed E-state index contributed by atoms with van der Waals surface area (Å²) in [5.41, 5.74) is 0.735. The van der Waals surface area contributed by atoms with Crippen molar-refractivity contribution in [2.45, 2.75) is 6.42 Å². The number of halogens is 1. The predicted molar refractivity (Wildman–Crippen MR) is 105 cm³/mol. The van der Waals surface area contributed by atoms with Crippen molar-refractivity contribution in [3.63, 3.8) is 0 Å². The number of fused-ring (bicyclic) bond motifs is 1. The van der Waals surface area contributed by atoms with Gasteiger partial charge in [-0.1, -0.05) is 11.3 Å². The van der Waals surface area contributed by atoms with E-state index in [2.05, 4.69) is 20.3 Å². The van der Waals surface area contributed by atoms with Crippen LogP contribution in [-0.4, -0.2) is 58.1 Å². The number of anilines is 2. The molecule has 0 radical (unpaired) electrons. The first kappa shape index (κ1) is 18.4. The largest absolute Gasteiger partial charge is 0.368 e. The Kier molecular flexibility index (Phi) is 5.20. The van der Waals surface area contributed by atoms with Gasteiger partial charge in [0.15, 0.2) is 0 Å². The van der Waals surface area contributed by atoms with Crippen molar-refractivity contribution in [3.8, 4) is 0 Å². The number of carbonyl (C=O) groups excluding carboxylic acids is 1. The predicted octanol–water partition coefficient (Wildman–Crippen LogP) is 1.44. The molecule has 3 aromatic rings. The van der Waals surface area contributed by atoms with E-state index in [1.165, 1.54) is 40.2 Å². The molecule has 0 unspecified atom stereocenters. The second-order valence-electron chi connectivity index (χ2n) is 6.41. The highest BCUT2D eigenvalue weighted by Crippen LogP contribution is 2.18. The van der Waals surface area contributed by atoms with Crippen LogP contribution >= 0.6 is 11.3 Å². The van der Waals surface area contributed by atoms with E-state index in [9.17, 15) is 14.0 Å². The molecule has 1 aliphatic heterocycles. The molecule has 146 valence electrons. The number of nitrogens with zero attached hydrogens (tertiary/aromatic N) is 5. The number of hydrogen-bond donors (Lipinski definition) is 1. The standard InChI is InChI=1S/C18H19FN6O2S/c19-13-1-3-14(4-2-13)23-9-11-24(12-10-23)15(26)5-7-20-17-22-25-16(27)6-8-21-18(25)28-17/h1-4,6,8H,5,7,9-12H2,(H,20,22). The molecule has 8 nitrogen and oxygen atoms in total. The number of benzene rings is 1. The van der Waals surface area contributed by atoms with Crippen LogP contribution in [0, 0.1) is 5.82 Å². The summed E-state index contributed by atoms with van der Waals surface area (Å²) in [7, 11) is 0. The van der Waals surface area contributed by atoms with Crippen molar-refractivity contribution in [1.29, 1.82) is 0 Å². The molecule has 0 spiro atoms. The Morgan fingerprint density at radius 3 is 2.61 bits per heavy atom. The quantitative estimate of drug-likeness (QED) is 0.696. The molecule has 28 heavy (non-hydrogen) atoms. The summed E-state index contributed by atoms with van der Waals surface area (Å²) < 4.78 is 14.3. The summed E-state index contributed by atoms with van der Waals surface area (Å²) in [4.78, 5) is 32.7. The number of carbonyl (C=O) groups is 1. The minimum Gasteiger partial charge on any atom is -0.368 e. The zero-order valence-electron chi connectivity index (χ0n) is 15.0. The first-order chi connectivity index (χ1) is 13.6. The third kappa shape index (κ3) is 3.96. The lowest BCUT2D eigenvalue weighted by atomic mass is 10.2. The summed E-state index contributed by atoms with van der Waals surface area (Å²) in [6, 6.07) is 7.77. The summed E-state index contributed by atoms with van der Waals surface area (Å²) >= 11 is 1.27. The summed E-state index contributed by atoms with van der Waals surface area (Å²) in [5.74, 6) is -0.179. The molecule has 2 aromatic heterocycles. The molecule has 0 atom stereocenters. The van der Waals surface area contributed by atoms with Gasteiger partial charge in [-0.05, 0) is 24.3 Å². The van der Waals surface area contributed by atoms with Crippen molar-refractivity contribution < 1.29 is 9.18 Å². The molecular weight excluding hydrogens is 383 g/mol. The van der Waals surface area contributed by atoms with Gasteiger partial charge in [0.05, 0.1) is 0 Å². The van der Waals surface area contributed by atoms with Gasteiger partial charge < -0.3 is 15.1 Å². The van der Waals surface area contributed by atoms with Crippen molar-refractivity contribution in [2.24, 2.45) is 0 Å². The third-order valence-electron chi connectivity index (χ3n) is 4.61. The van der Waals surface area contributed by atoms with Gasteiger partial charge in [0.1, 0.15) is 5.82 Å². The van der Waals surface area contributed by atoms with Gasteiger partial charge in [-0.2, -0.15) is 4.52 Å². The van der Waals surface area contributed by atoms with Crippen LogP contribution in [0.25, 0.3) is 4.96 Å². The lowest BCUT2D eigenvalue weighted by Gasteiger charge is -2.36. The van der Waals surface area contributed by atoms with Gasteiger partial charge in [0.2, 0.25) is 16.0 Å². The molecule has 4 rings (SSSR count). The molecule has 1 aromatic carbocycles. The van der Waals surface area contributed by atoms with E-state index < -0.39 is 0 Å². The Morgan fingerprint density at radius 2 is 1.89 bits per heavy atom. The molecule has 1 aliphatic rings. The van der Waals surface area contributed by atoms with Gasteiger partial charge >= 0.3 is 0 Å². The molecule has 0 saturated carbocycles. The second kappa shape index (κ2) is 7.93. The van der Waals surface area contributed by atoms with Crippen molar-refractivity contribution in [3.05, 3.63) is 52.7 Å². The van der Waals surface area contributed by atoms with Crippen molar-refractivity contribution >= 4 is 33.0 Å². The minimum absolute atomic E-state index is 0.0719. The smallest absolute Gasteiger partial charge is 0.275 e. The molecule has 1 N–H and O–H groups in total. The van der Waals surface area contributed by atoms with Crippen LogP contribution in [0.15, 0.2) is 41.3 Å². The number of aromatic nitrogens is 3. The number of piperazine rings is 1. The van der Waals surface area contributed by atoms with E-state index in [-0.39, 0.29) is 17.3 Å². The van der Waals surface area contributed by atoms with Gasteiger partial charge in [0.25, 0.3) is 5.56 Å². The van der Waals surface area contributed by atoms with Crippen LogP contribution < -0.4 is 15.8 Å². The third-order valence-corrected chi connectivity index (χ3v) is 5.49. The maximum Gasteiger partial charge on any atom is 0.275 e. The Bertz CT molecular complexity index is 1030. The van der Waals surface area contributed by atoms with Crippen LogP contribution in [0.3, 0.4) is 0 Å². The molecule has 0 bridgehead atoms. The van der Waals surface area contributed by atoms with Crippen molar-refractivity contribution in [1.82, 2.24) is 19.5 Å². The first-order valence-corrected chi connectivity index (χ1v) is 9.79. The Labute approximate surface area is 164 Å². The normalized spacial score (nSPS) is 14.5. The monoisotopic (exact) mass is 402 g/mol. The number of hydrogen-bond acceptors (Lipinski definition) is 7. The Hall–Kier alpha value is -3.01. The fraction of sp³-hybridized carbons (Fsp3) is 0.333. The highest BCUT2D eigenvalue weighted by molar-refractivity contribution is 7.20. The molecule has 1 fully saturated rings. The second-order valence-corrected chi connectivity index (χ2v) is 7.36. The van der Waals surface area contributed by atoms with Gasteiger partial charge in [0, 0.05) is 57.1 Å².